The van der Waals surface area contributed by atoms with E-state index in [9.17, 15) is 9.59 Å². The first-order chi connectivity index (χ1) is 14.6. The average molecular weight is 411 g/mol. The van der Waals surface area contributed by atoms with Crippen molar-refractivity contribution in [3.8, 4) is 11.5 Å². The summed E-state index contributed by atoms with van der Waals surface area (Å²) < 4.78 is 16.1. The minimum absolute atomic E-state index is 0.296. The highest BCUT2D eigenvalue weighted by Gasteiger charge is 2.08. The Kier molecular flexibility index (Phi) is 9.45. The molecule has 0 radical (unpaired) electrons. The Hall–Kier alpha value is -3.28. The number of hydrogen-bond acceptors (Lipinski definition) is 5. The van der Waals surface area contributed by atoms with E-state index in [4.69, 9.17) is 14.2 Å². The van der Waals surface area contributed by atoms with Crippen LogP contribution in [0.2, 0.25) is 0 Å². The van der Waals surface area contributed by atoms with Crippen molar-refractivity contribution in [1.29, 1.82) is 0 Å². The zero-order chi connectivity index (χ0) is 21.8. The zero-order valence-electron chi connectivity index (χ0n) is 17.8. The maximum atomic E-state index is 12.2. The molecule has 0 aromatic heterocycles. The molecule has 0 spiro atoms. The average Bonchev–Trinajstić information content (AvgIpc) is 2.76. The van der Waals surface area contributed by atoms with E-state index >= 15 is 0 Å². The van der Waals surface area contributed by atoms with Crippen molar-refractivity contribution in [3.05, 3.63) is 59.7 Å². The molecule has 6 nitrogen and oxygen atoms in total. The highest BCUT2D eigenvalue weighted by molar-refractivity contribution is 6.02. The predicted molar refractivity (Wildman–Crippen MR) is 118 cm³/mol. The van der Waals surface area contributed by atoms with Gasteiger partial charge in [0.05, 0.1) is 25.9 Å². The van der Waals surface area contributed by atoms with Gasteiger partial charge in [0.1, 0.15) is 0 Å². The third-order valence-electron chi connectivity index (χ3n) is 4.26. The summed E-state index contributed by atoms with van der Waals surface area (Å²) in [5.74, 6) is 0.574. The molecule has 0 bridgehead atoms. The number of benzene rings is 2. The molecule has 0 saturated carbocycles. The quantitative estimate of drug-likeness (QED) is 0.317. The summed E-state index contributed by atoms with van der Waals surface area (Å²) in [7, 11) is 1.59. The second kappa shape index (κ2) is 12.3. The number of hydrogen-bond donors (Lipinski definition) is 1. The summed E-state index contributed by atoms with van der Waals surface area (Å²) >= 11 is 0. The smallest absolute Gasteiger partial charge is 0.338 e. The van der Waals surface area contributed by atoms with Crippen LogP contribution >= 0.6 is 0 Å². The molecule has 0 aliphatic carbocycles. The Morgan fingerprint density at radius 3 is 2.60 bits per heavy atom. The van der Waals surface area contributed by atoms with Gasteiger partial charge in [-0.1, -0.05) is 31.9 Å². The second-order valence-electron chi connectivity index (χ2n) is 6.59. The minimum atomic E-state index is -0.423. The van der Waals surface area contributed by atoms with Gasteiger partial charge in [-0.15, -0.1) is 0 Å². The highest BCUT2D eigenvalue weighted by atomic mass is 16.5. The maximum Gasteiger partial charge on any atom is 0.338 e. The number of carbonyl (C=O) groups excluding carboxylic acids is 2. The number of ether oxygens (including phenoxy) is 3. The van der Waals surface area contributed by atoms with Gasteiger partial charge >= 0.3 is 5.97 Å². The fraction of sp³-hybridized carbons (Fsp3) is 0.333. The molecule has 2 aromatic rings. The van der Waals surface area contributed by atoms with Gasteiger partial charge in [0.25, 0.3) is 0 Å². The van der Waals surface area contributed by atoms with Crippen LogP contribution in [-0.2, 0) is 9.53 Å². The lowest BCUT2D eigenvalue weighted by Crippen LogP contribution is -2.09. The van der Waals surface area contributed by atoms with Crippen LogP contribution in [0.4, 0.5) is 5.69 Å². The first-order valence-corrected chi connectivity index (χ1v) is 10.1. The Morgan fingerprint density at radius 1 is 1.03 bits per heavy atom. The Balaban J connectivity index is 1.99. The van der Waals surface area contributed by atoms with E-state index in [1.54, 1.807) is 44.4 Å². The van der Waals surface area contributed by atoms with Crippen LogP contribution in [-0.4, -0.2) is 32.2 Å². The van der Waals surface area contributed by atoms with E-state index in [2.05, 4.69) is 12.2 Å². The third kappa shape index (κ3) is 7.28. The molecule has 0 aliphatic rings. The zero-order valence-corrected chi connectivity index (χ0v) is 17.8. The van der Waals surface area contributed by atoms with Crippen molar-refractivity contribution in [2.75, 3.05) is 25.6 Å². The summed E-state index contributed by atoms with van der Waals surface area (Å²) in [5, 5.41) is 2.74. The van der Waals surface area contributed by atoms with Crippen LogP contribution in [0.3, 0.4) is 0 Å². The van der Waals surface area contributed by atoms with Crippen LogP contribution in [0, 0.1) is 0 Å². The Morgan fingerprint density at radius 2 is 1.87 bits per heavy atom. The van der Waals surface area contributed by atoms with Crippen LogP contribution in [0.5, 0.6) is 11.5 Å². The number of methoxy groups -OCH3 is 1. The van der Waals surface area contributed by atoms with E-state index in [0.29, 0.717) is 36.0 Å². The molecule has 0 fully saturated rings. The molecular weight excluding hydrogens is 382 g/mol. The molecule has 2 aromatic carbocycles. The summed E-state index contributed by atoms with van der Waals surface area (Å²) in [4.78, 5) is 24.1. The van der Waals surface area contributed by atoms with E-state index < -0.39 is 5.97 Å². The molecule has 6 heteroatoms. The number of anilines is 1. The van der Waals surface area contributed by atoms with Crippen molar-refractivity contribution < 1.29 is 23.8 Å². The number of rotatable bonds is 11. The summed E-state index contributed by atoms with van der Waals surface area (Å²) in [6.45, 7) is 4.83. The van der Waals surface area contributed by atoms with Gasteiger partial charge in [0.2, 0.25) is 5.91 Å². The van der Waals surface area contributed by atoms with Gasteiger partial charge in [-0.05, 0) is 55.3 Å². The second-order valence-corrected chi connectivity index (χ2v) is 6.59. The van der Waals surface area contributed by atoms with E-state index in [-0.39, 0.29) is 5.91 Å². The number of nitrogens with one attached hydrogen (secondary N) is 1. The molecule has 0 unspecified atom stereocenters. The number of carbonyl (C=O) groups is 2. The third-order valence-corrected chi connectivity index (χ3v) is 4.26. The molecule has 0 saturated heterocycles. The molecule has 160 valence electrons. The monoisotopic (exact) mass is 411 g/mol. The fourth-order valence-electron chi connectivity index (χ4n) is 2.74. The van der Waals surface area contributed by atoms with E-state index in [0.717, 1.165) is 24.8 Å². The van der Waals surface area contributed by atoms with Gasteiger partial charge in [0, 0.05) is 11.8 Å². The Labute approximate surface area is 177 Å². The molecule has 2 rings (SSSR count). The molecule has 0 atom stereocenters. The summed E-state index contributed by atoms with van der Waals surface area (Å²) in [5.41, 5.74) is 1.71. The SMILES string of the molecule is CCCCCOc1ccc(/C=C/C(=O)Nc2cccc(C(=O)OCC)c2)cc1OC. The first-order valence-electron chi connectivity index (χ1n) is 10.1. The van der Waals surface area contributed by atoms with Crippen LogP contribution in [0.1, 0.15) is 49.0 Å². The van der Waals surface area contributed by atoms with Crippen LogP contribution < -0.4 is 14.8 Å². The van der Waals surface area contributed by atoms with Crippen LogP contribution in [0.25, 0.3) is 6.08 Å². The number of unbranched alkanes of at least 4 members (excludes halogenated alkanes) is 2. The summed E-state index contributed by atoms with van der Waals surface area (Å²) in [6, 6.07) is 12.1. The molecule has 1 N–H and O–H groups in total. The molecule has 30 heavy (non-hydrogen) atoms. The normalized spacial score (nSPS) is 10.6. The molecular formula is C24H29NO5. The molecule has 0 heterocycles. The topological polar surface area (TPSA) is 73.9 Å². The first kappa shape index (κ1) is 23.0. The lowest BCUT2D eigenvalue weighted by Gasteiger charge is -2.11. The summed E-state index contributed by atoms with van der Waals surface area (Å²) in [6.07, 6.45) is 6.38. The van der Waals surface area contributed by atoms with Crippen molar-refractivity contribution >= 4 is 23.6 Å². The Bertz CT molecular complexity index is 876. The molecule has 1 amide bonds. The maximum absolute atomic E-state index is 12.2. The van der Waals surface area contributed by atoms with Gasteiger partial charge in [-0.3, -0.25) is 4.79 Å². The van der Waals surface area contributed by atoms with Gasteiger partial charge in [-0.2, -0.15) is 0 Å². The largest absolute Gasteiger partial charge is 0.493 e. The standard InChI is InChI=1S/C24H29NO5/c1-4-6-7-15-30-21-13-11-18(16-22(21)28-3)12-14-23(26)25-20-10-8-9-19(17-20)24(27)29-5-2/h8-14,16-17H,4-7,15H2,1-3H3,(H,25,26)/b14-12+. The number of esters is 1. The lowest BCUT2D eigenvalue weighted by molar-refractivity contribution is -0.111. The predicted octanol–water partition coefficient (Wildman–Crippen LogP) is 5.09. The lowest BCUT2D eigenvalue weighted by atomic mass is 10.1. The highest BCUT2D eigenvalue weighted by Crippen LogP contribution is 2.28. The van der Waals surface area contributed by atoms with Gasteiger partial charge in [-0.25, -0.2) is 4.79 Å². The minimum Gasteiger partial charge on any atom is -0.493 e. The van der Waals surface area contributed by atoms with Crippen molar-refractivity contribution in [3.63, 3.8) is 0 Å². The van der Waals surface area contributed by atoms with Crippen molar-refractivity contribution in [1.82, 2.24) is 0 Å². The molecule has 0 aliphatic heterocycles. The van der Waals surface area contributed by atoms with Crippen LogP contribution in [0.15, 0.2) is 48.5 Å². The number of amides is 1. The van der Waals surface area contributed by atoms with E-state index in [1.807, 2.05) is 18.2 Å². The van der Waals surface area contributed by atoms with Crippen molar-refractivity contribution in [2.24, 2.45) is 0 Å². The fourth-order valence-corrected chi connectivity index (χ4v) is 2.74. The van der Waals surface area contributed by atoms with Crippen molar-refractivity contribution in [2.45, 2.75) is 33.1 Å². The van der Waals surface area contributed by atoms with E-state index in [1.165, 1.54) is 6.08 Å². The van der Waals surface area contributed by atoms with Gasteiger partial charge in [0.15, 0.2) is 11.5 Å². The van der Waals surface area contributed by atoms with Gasteiger partial charge < -0.3 is 19.5 Å².